The number of carbonyl (C=O) groups excluding carboxylic acids is 1. The topological polar surface area (TPSA) is 93.9 Å². The number of alkyl halides is 3. The number of ether oxygens (including phenoxy) is 2. The van der Waals surface area contributed by atoms with E-state index >= 15 is 0 Å². The monoisotopic (exact) mass is 478 g/mol. The highest BCUT2D eigenvalue weighted by Gasteiger charge is 2.37. The molecule has 1 fully saturated rings. The summed E-state index contributed by atoms with van der Waals surface area (Å²) >= 11 is 0. The summed E-state index contributed by atoms with van der Waals surface area (Å²) in [7, 11) is 0. The molecule has 1 amide bonds. The summed E-state index contributed by atoms with van der Waals surface area (Å²) in [5.41, 5.74) is 0.922. The zero-order valence-electron chi connectivity index (χ0n) is 18.9. The summed E-state index contributed by atoms with van der Waals surface area (Å²) in [6.07, 6.45) is -0.110. The first kappa shape index (κ1) is 23.6. The van der Waals surface area contributed by atoms with Crippen molar-refractivity contribution in [2.45, 2.75) is 45.0 Å². The predicted octanol–water partition coefficient (Wildman–Crippen LogP) is 3.80. The van der Waals surface area contributed by atoms with Crippen LogP contribution in [0.2, 0.25) is 0 Å². The molecule has 9 nitrogen and oxygen atoms in total. The van der Waals surface area contributed by atoms with E-state index in [0.717, 1.165) is 0 Å². The van der Waals surface area contributed by atoms with Gasteiger partial charge in [0.05, 0.1) is 42.4 Å². The third-order valence-electron chi connectivity index (χ3n) is 4.97. The van der Waals surface area contributed by atoms with Crippen LogP contribution in [0, 0.1) is 0 Å². The van der Waals surface area contributed by atoms with Crippen molar-refractivity contribution in [2.24, 2.45) is 0 Å². The number of aromatic nitrogens is 4. The minimum absolute atomic E-state index is 0.0692. The van der Waals surface area contributed by atoms with Crippen LogP contribution in [0.15, 0.2) is 36.8 Å². The Morgan fingerprint density at radius 1 is 1.26 bits per heavy atom. The average Bonchev–Trinajstić information content (AvgIpc) is 3.34. The lowest BCUT2D eigenvalue weighted by Gasteiger charge is -2.24. The maximum absolute atomic E-state index is 14.6. The standard InChI is InChI=1S/C22H25F3N6O3/c1-22(2,3)34-21(32)30-10-15(23)17(11-30)29-19-6-4-5-16(28-19)14-8-27-31-9-13(7-26-20(14)31)33-12-18(24)25/h4-9,15,17-18H,10-12H2,1-3H3,(H,28,29)/t15-,17-/m0/s1. The summed E-state index contributed by atoms with van der Waals surface area (Å²) < 4.78 is 51.1. The van der Waals surface area contributed by atoms with Gasteiger partial charge in [0.25, 0.3) is 6.43 Å². The summed E-state index contributed by atoms with van der Waals surface area (Å²) in [4.78, 5) is 22.4. The van der Waals surface area contributed by atoms with Gasteiger partial charge in [-0.25, -0.2) is 32.4 Å². The molecule has 4 rings (SSSR count). The lowest BCUT2D eigenvalue weighted by atomic mass is 10.2. The van der Waals surface area contributed by atoms with Crippen molar-refractivity contribution in [1.29, 1.82) is 0 Å². The molecule has 2 atom stereocenters. The van der Waals surface area contributed by atoms with Crippen LogP contribution >= 0.6 is 0 Å². The number of rotatable bonds is 6. The maximum Gasteiger partial charge on any atom is 0.410 e. The molecule has 0 saturated carbocycles. The molecular weight excluding hydrogens is 453 g/mol. The number of nitrogens with one attached hydrogen (secondary N) is 1. The largest absolute Gasteiger partial charge is 0.484 e. The normalized spacial score (nSPS) is 18.5. The SMILES string of the molecule is CC(C)(C)OC(=O)N1C[C@H](Nc2cccc(-c3cnn4cc(OCC(F)F)cnc34)n2)[C@@H](F)C1. The first-order valence-electron chi connectivity index (χ1n) is 10.7. The fraction of sp³-hybridized carbons (Fsp3) is 0.455. The van der Waals surface area contributed by atoms with E-state index in [1.54, 1.807) is 45.2 Å². The predicted molar refractivity (Wildman–Crippen MR) is 118 cm³/mol. The number of likely N-dealkylation sites (tertiary alicyclic amines) is 1. The quantitative estimate of drug-likeness (QED) is 0.576. The Labute approximate surface area is 193 Å². The summed E-state index contributed by atoms with van der Waals surface area (Å²) in [5.74, 6) is 0.586. The van der Waals surface area contributed by atoms with Crippen LogP contribution < -0.4 is 10.1 Å². The maximum atomic E-state index is 14.6. The van der Waals surface area contributed by atoms with Gasteiger partial charge in [0.15, 0.2) is 11.4 Å². The van der Waals surface area contributed by atoms with Crippen LogP contribution in [-0.2, 0) is 4.74 Å². The Bertz CT molecular complexity index is 1170. The minimum atomic E-state index is -2.59. The minimum Gasteiger partial charge on any atom is -0.484 e. The second-order valence-electron chi connectivity index (χ2n) is 8.88. The number of nitrogens with zero attached hydrogens (tertiary/aromatic N) is 5. The van der Waals surface area contributed by atoms with Gasteiger partial charge < -0.3 is 19.7 Å². The molecule has 3 aromatic rings. The van der Waals surface area contributed by atoms with Gasteiger partial charge in [-0.15, -0.1) is 0 Å². The van der Waals surface area contributed by atoms with E-state index in [1.807, 2.05) is 0 Å². The van der Waals surface area contributed by atoms with Crippen molar-refractivity contribution in [3.8, 4) is 17.0 Å². The molecule has 1 saturated heterocycles. The van der Waals surface area contributed by atoms with Gasteiger partial charge in [0.2, 0.25) is 0 Å². The van der Waals surface area contributed by atoms with Crippen LogP contribution in [0.1, 0.15) is 20.8 Å². The number of carbonyl (C=O) groups is 1. The van der Waals surface area contributed by atoms with Gasteiger partial charge in [0.1, 0.15) is 24.2 Å². The summed E-state index contributed by atoms with van der Waals surface area (Å²) in [5, 5.41) is 7.25. The molecule has 0 bridgehead atoms. The Hall–Kier alpha value is -3.57. The Balaban J connectivity index is 1.47. The van der Waals surface area contributed by atoms with Gasteiger partial charge in [-0.1, -0.05) is 6.07 Å². The highest BCUT2D eigenvalue weighted by molar-refractivity contribution is 5.75. The molecule has 3 aromatic heterocycles. The molecule has 0 radical (unpaired) electrons. The Morgan fingerprint density at radius 3 is 2.79 bits per heavy atom. The molecule has 0 aromatic carbocycles. The molecule has 34 heavy (non-hydrogen) atoms. The fourth-order valence-corrected chi connectivity index (χ4v) is 3.50. The third kappa shape index (κ3) is 5.49. The zero-order valence-corrected chi connectivity index (χ0v) is 18.9. The average molecular weight is 478 g/mol. The number of hydrogen-bond acceptors (Lipinski definition) is 7. The van der Waals surface area contributed by atoms with Crippen LogP contribution in [0.25, 0.3) is 16.9 Å². The molecular formula is C22H25F3N6O3. The van der Waals surface area contributed by atoms with Crippen molar-refractivity contribution in [3.05, 3.63) is 36.8 Å². The summed E-state index contributed by atoms with van der Waals surface area (Å²) in [6, 6.07) is 4.55. The highest BCUT2D eigenvalue weighted by Crippen LogP contribution is 2.26. The first-order chi connectivity index (χ1) is 16.1. The number of anilines is 1. The fourth-order valence-electron chi connectivity index (χ4n) is 3.50. The van der Waals surface area contributed by atoms with E-state index in [2.05, 4.69) is 20.4 Å². The van der Waals surface area contributed by atoms with Crippen LogP contribution in [0.3, 0.4) is 0 Å². The van der Waals surface area contributed by atoms with Crippen LogP contribution in [0.5, 0.6) is 5.75 Å². The molecule has 1 aliphatic heterocycles. The van der Waals surface area contributed by atoms with E-state index in [9.17, 15) is 18.0 Å². The smallest absolute Gasteiger partial charge is 0.410 e. The molecule has 1 N–H and O–H groups in total. The van der Waals surface area contributed by atoms with Crippen molar-refractivity contribution >= 4 is 17.6 Å². The van der Waals surface area contributed by atoms with E-state index in [1.165, 1.54) is 21.8 Å². The highest BCUT2D eigenvalue weighted by atomic mass is 19.3. The lowest BCUT2D eigenvalue weighted by molar-refractivity contribution is 0.0283. The Morgan fingerprint density at radius 2 is 2.06 bits per heavy atom. The zero-order chi connectivity index (χ0) is 24.5. The van der Waals surface area contributed by atoms with Crippen molar-refractivity contribution in [2.75, 3.05) is 25.0 Å². The second kappa shape index (κ2) is 9.35. The molecule has 182 valence electrons. The van der Waals surface area contributed by atoms with Crippen molar-refractivity contribution < 1.29 is 27.4 Å². The summed E-state index contributed by atoms with van der Waals surface area (Å²) in [6.45, 7) is 4.60. The number of hydrogen-bond donors (Lipinski definition) is 1. The number of amides is 1. The van der Waals surface area contributed by atoms with Gasteiger partial charge in [-0.2, -0.15) is 5.10 Å². The van der Waals surface area contributed by atoms with Gasteiger partial charge in [-0.05, 0) is 32.9 Å². The van der Waals surface area contributed by atoms with Gasteiger partial charge >= 0.3 is 6.09 Å². The number of halogens is 3. The Kier molecular flexibility index (Phi) is 6.49. The molecule has 12 heteroatoms. The van der Waals surface area contributed by atoms with E-state index < -0.39 is 36.9 Å². The first-order valence-corrected chi connectivity index (χ1v) is 10.7. The van der Waals surface area contributed by atoms with E-state index in [-0.39, 0.29) is 18.8 Å². The molecule has 0 unspecified atom stereocenters. The van der Waals surface area contributed by atoms with Gasteiger partial charge in [0, 0.05) is 6.54 Å². The molecule has 4 heterocycles. The van der Waals surface area contributed by atoms with Crippen molar-refractivity contribution in [3.63, 3.8) is 0 Å². The van der Waals surface area contributed by atoms with Crippen LogP contribution in [-0.4, -0.2) is 74.5 Å². The molecule has 0 aliphatic carbocycles. The van der Waals surface area contributed by atoms with E-state index in [4.69, 9.17) is 9.47 Å². The number of fused-ring (bicyclic) bond motifs is 1. The lowest BCUT2D eigenvalue weighted by Crippen LogP contribution is -2.36. The second-order valence-corrected chi connectivity index (χ2v) is 8.88. The third-order valence-corrected chi connectivity index (χ3v) is 4.97. The molecule has 1 aliphatic rings. The van der Waals surface area contributed by atoms with E-state index in [0.29, 0.717) is 22.7 Å². The molecule has 0 spiro atoms. The van der Waals surface area contributed by atoms with Crippen LogP contribution in [0.4, 0.5) is 23.8 Å². The van der Waals surface area contributed by atoms with Gasteiger partial charge in [-0.3, -0.25) is 0 Å². The van der Waals surface area contributed by atoms with Crippen molar-refractivity contribution in [1.82, 2.24) is 24.5 Å². The number of pyridine rings is 1.